The zero-order chi connectivity index (χ0) is 17.5. The van der Waals surface area contributed by atoms with Gasteiger partial charge in [-0.25, -0.2) is 0 Å². The van der Waals surface area contributed by atoms with Gasteiger partial charge in [0.1, 0.15) is 24.2 Å². The van der Waals surface area contributed by atoms with Crippen LogP contribution in [0.4, 0.5) is 0 Å². The van der Waals surface area contributed by atoms with Gasteiger partial charge < -0.3 is 19.6 Å². The van der Waals surface area contributed by atoms with E-state index in [0.29, 0.717) is 17.1 Å². The molecule has 1 amide bonds. The lowest BCUT2D eigenvalue weighted by molar-refractivity contribution is 0.0843. The third-order valence-corrected chi connectivity index (χ3v) is 3.50. The summed E-state index contributed by atoms with van der Waals surface area (Å²) in [5.74, 6) is 0.752. The number of carbonyl (C=O) groups is 1. The van der Waals surface area contributed by atoms with Gasteiger partial charge in [0.25, 0.3) is 5.91 Å². The van der Waals surface area contributed by atoms with Crippen LogP contribution in [-0.4, -0.2) is 23.7 Å². The minimum Gasteiger partial charge on any atom is -0.484 e. The van der Waals surface area contributed by atoms with Crippen molar-refractivity contribution in [2.24, 2.45) is 5.92 Å². The van der Waals surface area contributed by atoms with Gasteiger partial charge in [-0.1, -0.05) is 26.0 Å². The smallest absolute Gasteiger partial charge is 0.287 e. The molecule has 24 heavy (non-hydrogen) atoms. The number of nitrogens with zero attached hydrogens (tertiary/aromatic N) is 1. The maximum absolute atomic E-state index is 12.0. The molecule has 0 bridgehead atoms. The Labute approximate surface area is 140 Å². The van der Waals surface area contributed by atoms with Crippen LogP contribution in [0, 0.1) is 17.2 Å². The Morgan fingerprint density at radius 3 is 2.79 bits per heavy atom. The number of nitriles is 1. The van der Waals surface area contributed by atoms with Crippen LogP contribution >= 0.6 is 0 Å². The number of aliphatic hydroxyl groups is 1. The van der Waals surface area contributed by atoms with E-state index < -0.39 is 12.0 Å². The zero-order valence-electron chi connectivity index (χ0n) is 13.7. The van der Waals surface area contributed by atoms with E-state index in [1.54, 1.807) is 36.4 Å². The van der Waals surface area contributed by atoms with E-state index in [1.165, 1.54) is 0 Å². The van der Waals surface area contributed by atoms with Crippen molar-refractivity contribution in [3.8, 4) is 11.8 Å². The number of rotatable bonds is 7. The van der Waals surface area contributed by atoms with Gasteiger partial charge in [0, 0.05) is 6.54 Å². The fraction of sp³-hybridized carbons (Fsp3) is 0.333. The summed E-state index contributed by atoms with van der Waals surface area (Å²) in [6.45, 7) is 4.02. The molecule has 126 valence electrons. The lowest BCUT2D eigenvalue weighted by Crippen LogP contribution is -2.34. The van der Waals surface area contributed by atoms with Crippen LogP contribution in [0.3, 0.4) is 0 Å². The predicted molar refractivity (Wildman–Crippen MR) is 87.4 cm³/mol. The van der Waals surface area contributed by atoms with Crippen molar-refractivity contribution in [2.45, 2.75) is 26.6 Å². The van der Waals surface area contributed by atoms with Crippen LogP contribution in [0.5, 0.6) is 5.75 Å². The van der Waals surface area contributed by atoms with E-state index in [2.05, 4.69) is 5.32 Å². The topological polar surface area (TPSA) is 95.5 Å². The first-order valence-electron chi connectivity index (χ1n) is 7.68. The average Bonchev–Trinajstić information content (AvgIpc) is 3.06. The van der Waals surface area contributed by atoms with Gasteiger partial charge in [-0.3, -0.25) is 4.79 Å². The molecule has 0 radical (unpaired) electrons. The van der Waals surface area contributed by atoms with Crippen molar-refractivity contribution < 1.29 is 19.1 Å². The van der Waals surface area contributed by atoms with Crippen molar-refractivity contribution in [1.82, 2.24) is 5.32 Å². The van der Waals surface area contributed by atoms with Crippen LogP contribution in [-0.2, 0) is 6.61 Å². The van der Waals surface area contributed by atoms with Crippen molar-refractivity contribution in [2.75, 3.05) is 6.54 Å². The molecule has 0 fully saturated rings. The van der Waals surface area contributed by atoms with Gasteiger partial charge in [-0.05, 0) is 30.2 Å². The molecule has 0 saturated heterocycles. The van der Waals surface area contributed by atoms with E-state index in [0.717, 1.165) is 0 Å². The summed E-state index contributed by atoms with van der Waals surface area (Å²) < 4.78 is 11.0. The minimum absolute atomic E-state index is 0.0612. The molecule has 1 unspecified atom stereocenters. The van der Waals surface area contributed by atoms with Crippen molar-refractivity contribution in [1.29, 1.82) is 5.26 Å². The first kappa shape index (κ1) is 17.6. The molecular weight excluding hydrogens is 308 g/mol. The molecule has 0 spiro atoms. The fourth-order valence-electron chi connectivity index (χ4n) is 1.93. The summed E-state index contributed by atoms with van der Waals surface area (Å²) in [6.07, 6.45) is -0.603. The number of amides is 1. The summed E-state index contributed by atoms with van der Waals surface area (Å²) in [6, 6.07) is 12.1. The number of ether oxygens (including phenoxy) is 1. The van der Waals surface area contributed by atoms with Crippen LogP contribution < -0.4 is 10.1 Å². The number of hydrogen-bond donors (Lipinski definition) is 2. The Morgan fingerprint density at radius 2 is 2.08 bits per heavy atom. The molecule has 6 heteroatoms. The average molecular weight is 328 g/mol. The summed E-state index contributed by atoms with van der Waals surface area (Å²) in [5.41, 5.74) is 0.435. The molecular formula is C18H20N2O4. The zero-order valence-corrected chi connectivity index (χ0v) is 13.7. The highest BCUT2D eigenvalue weighted by Gasteiger charge is 2.15. The van der Waals surface area contributed by atoms with E-state index in [9.17, 15) is 9.90 Å². The van der Waals surface area contributed by atoms with Crippen LogP contribution in [0.1, 0.15) is 35.7 Å². The number of para-hydroxylation sites is 1. The molecule has 2 N–H and O–H groups in total. The van der Waals surface area contributed by atoms with Gasteiger partial charge >= 0.3 is 0 Å². The number of nitrogens with one attached hydrogen (secondary N) is 1. The third-order valence-electron chi connectivity index (χ3n) is 3.50. The summed E-state index contributed by atoms with van der Waals surface area (Å²) in [7, 11) is 0. The maximum atomic E-state index is 12.0. The van der Waals surface area contributed by atoms with E-state index in [4.69, 9.17) is 14.4 Å². The first-order chi connectivity index (χ1) is 11.5. The molecule has 0 aliphatic heterocycles. The second-order valence-corrected chi connectivity index (χ2v) is 5.68. The Kier molecular flexibility index (Phi) is 5.99. The van der Waals surface area contributed by atoms with E-state index in [-0.39, 0.29) is 24.8 Å². The largest absolute Gasteiger partial charge is 0.484 e. The molecule has 0 saturated carbocycles. The van der Waals surface area contributed by atoms with Crippen LogP contribution in [0.25, 0.3) is 0 Å². The lowest BCUT2D eigenvalue weighted by Gasteiger charge is -2.14. The number of furan rings is 1. The fourth-order valence-corrected chi connectivity index (χ4v) is 1.93. The monoisotopic (exact) mass is 328 g/mol. The van der Waals surface area contributed by atoms with Gasteiger partial charge in [0.2, 0.25) is 0 Å². The molecule has 0 aliphatic carbocycles. The van der Waals surface area contributed by atoms with E-state index in [1.807, 2.05) is 19.9 Å². The maximum Gasteiger partial charge on any atom is 0.287 e. The highest BCUT2D eigenvalue weighted by Crippen LogP contribution is 2.19. The highest BCUT2D eigenvalue weighted by atomic mass is 16.5. The first-order valence-corrected chi connectivity index (χ1v) is 7.68. The standard InChI is InChI=1S/C18H20N2O4/c1-12(2)15(21)10-20-18(22)17-8-7-14(24-17)11-23-16-6-4-3-5-13(16)9-19/h3-8,12,15,21H,10-11H2,1-2H3,(H,20,22). The quantitative estimate of drug-likeness (QED) is 0.814. The SMILES string of the molecule is CC(C)C(O)CNC(=O)c1ccc(COc2ccccc2C#N)o1. The van der Waals surface area contributed by atoms with Crippen molar-refractivity contribution in [3.05, 3.63) is 53.5 Å². The number of hydrogen-bond acceptors (Lipinski definition) is 5. The Balaban J connectivity index is 1.91. The number of carbonyl (C=O) groups excluding carboxylic acids is 1. The van der Waals surface area contributed by atoms with Crippen LogP contribution in [0.15, 0.2) is 40.8 Å². The molecule has 2 aromatic rings. The minimum atomic E-state index is -0.603. The molecule has 2 rings (SSSR count). The second-order valence-electron chi connectivity index (χ2n) is 5.68. The van der Waals surface area contributed by atoms with Gasteiger partial charge in [-0.2, -0.15) is 5.26 Å². The van der Waals surface area contributed by atoms with Gasteiger partial charge in [0.15, 0.2) is 5.76 Å². The molecule has 0 aliphatic rings. The highest BCUT2D eigenvalue weighted by molar-refractivity contribution is 5.91. The van der Waals surface area contributed by atoms with Crippen molar-refractivity contribution >= 4 is 5.91 Å². The Hall–Kier alpha value is -2.78. The second kappa shape index (κ2) is 8.18. The number of benzene rings is 1. The molecule has 1 aromatic heterocycles. The normalized spacial score (nSPS) is 11.8. The number of aliphatic hydroxyl groups excluding tert-OH is 1. The lowest BCUT2D eigenvalue weighted by atomic mass is 10.1. The van der Waals surface area contributed by atoms with Gasteiger partial charge in [0.05, 0.1) is 11.7 Å². The van der Waals surface area contributed by atoms with E-state index >= 15 is 0 Å². The Morgan fingerprint density at radius 1 is 1.33 bits per heavy atom. The third kappa shape index (κ3) is 4.61. The Bertz CT molecular complexity index is 731. The van der Waals surface area contributed by atoms with Crippen LogP contribution in [0.2, 0.25) is 0 Å². The summed E-state index contributed by atoms with van der Waals surface area (Å²) in [5, 5.41) is 21.3. The molecule has 1 aromatic carbocycles. The van der Waals surface area contributed by atoms with Crippen molar-refractivity contribution in [3.63, 3.8) is 0 Å². The summed E-state index contributed by atoms with van der Waals surface area (Å²) in [4.78, 5) is 12.0. The molecule has 1 heterocycles. The van der Waals surface area contributed by atoms with Gasteiger partial charge in [-0.15, -0.1) is 0 Å². The summed E-state index contributed by atoms with van der Waals surface area (Å²) >= 11 is 0. The predicted octanol–water partition coefficient (Wildman–Crippen LogP) is 2.48. The molecule has 6 nitrogen and oxygen atoms in total. The molecule has 1 atom stereocenters.